The van der Waals surface area contributed by atoms with Gasteiger partial charge in [0.1, 0.15) is 23.6 Å². The van der Waals surface area contributed by atoms with Crippen LogP contribution in [0.15, 0.2) is 30.3 Å². The Kier molecular flexibility index (Phi) is 7.26. The Balaban J connectivity index is 2.46. The van der Waals surface area contributed by atoms with E-state index in [1.807, 2.05) is 37.3 Å². The molecule has 0 aliphatic heterocycles. The molecule has 0 bridgehead atoms. The zero-order valence-electron chi connectivity index (χ0n) is 15.4. The first-order valence-corrected chi connectivity index (χ1v) is 8.22. The average Bonchev–Trinajstić information content (AvgIpc) is 2.45. The second-order valence-electron chi connectivity index (χ2n) is 6.97. The van der Waals surface area contributed by atoms with Gasteiger partial charge in [0, 0.05) is 0 Å². The van der Waals surface area contributed by atoms with Gasteiger partial charge < -0.3 is 14.2 Å². The van der Waals surface area contributed by atoms with Crippen LogP contribution in [-0.2, 0) is 19.1 Å². The highest BCUT2D eigenvalue weighted by molar-refractivity contribution is 5.79. The molecule has 0 fully saturated rings. The third-order valence-corrected chi connectivity index (χ3v) is 3.32. The van der Waals surface area contributed by atoms with Crippen LogP contribution in [0.3, 0.4) is 0 Å². The van der Waals surface area contributed by atoms with Crippen molar-refractivity contribution in [1.29, 1.82) is 0 Å². The minimum atomic E-state index is -0.564. The zero-order valence-corrected chi connectivity index (χ0v) is 15.4. The molecule has 0 heterocycles. The summed E-state index contributed by atoms with van der Waals surface area (Å²) in [6.07, 6.45) is -0.736. The molecule has 0 aromatic heterocycles. The highest BCUT2D eigenvalue weighted by Crippen LogP contribution is 2.16. The van der Waals surface area contributed by atoms with Gasteiger partial charge in [0.25, 0.3) is 0 Å². The molecule has 0 radical (unpaired) electrons. The summed E-state index contributed by atoms with van der Waals surface area (Å²) in [5.41, 5.74) is -0.563. The van der Waals surface area contributed by atoms with Crippen molar-refractivity contribution in [2.24, 2.45) is 5.92 Å². The Labute approximate surface area is 144 Å². The van der Waals surface area contributed by atoms with E-state index < -0.39 is 29.6 Å². The second-order valence-corrected chi connectivity index (χ2v) is 6.97. The summed E-state index contributed by atoms with van der Waals surface area (Å²) in [7, 11) is 0. The molecule has 0 spiro atoms. The molecule has 3 atom stereocenters. The lowest BCUT2D eigenvalue weighted by molar-refractivity contribution is -0.164. The third kappa shape index (κ3) is 7.49. The van der Waals surface area contributed by atoms with Gasteiger partial charge in [-0.15, -0.1) is 0 Å². The average molecular weight is 336 g/mol. The predicted molar refractivity (Wildman–Crippen MR) is 91.7 cm³/mol. The van der Waals surface area contributed by atoms with Crippen molar-refractivity contribution in [3.63, 3.8) is 0 Å². The van der Waals surface area contributed by atoms with E-state index in [0.29, 0.717) is 0 Å². The fourth-order valence-electron chi connectivity index (χ4n) is 1.92. The molecule has 1 rings (SSSR count). The summed E-state index contributed by atoms with van der Waals surface area (Å²) < 4.78 is 16.4. The quantitative estimate of drug-likeness (QED) is 0.710. The molecule has 0 unspecified atom stereocenters. The maximum Gasteiger partial charge on any atom is 0.309 e. The number of rotatable bonds is 7. The lowest BCUT2D eigenvalue weighted by Gasteiger charge is -2.24. The maximum absolute atomic E-state index is 12.1. The van der Waals surface area contributed by atoms with E-state index >= 15 is 0 Å². The summed E-state index contributed by atoms with van der Waals surface area (Å²) in [6.45, 7) is 10.6. The number of ether oxygens (including phenoxy) is 3. The van der Waals surface area contributed by atoms with Crippen LogP contribution < -0.4 is 4.74 Å². The molecule has 134 valence electrons. The third-order valence-electron chi connectivity index (χ3n) is 3.32. The van der Waals surface area contributed by atoms with Crippen molar-refractivity contribution >= 4 is 11.9 Å². The molecule has 0 aliphatic carbocycles. The molecule has 1 aromatic carbocycles. The van der Waals surface area contributed by atoms with Crippen LogP contribution in [-0.4, -0.2) is 29.7 Å². The highest BCUT2D eigenvalue weighted by Gasteiger charge is 2.26. The fourth-order valence-corrected chi connectivity index (χ4v) is 1.92. The highest BCUT2D eigenvalue weighted by atomic mass is 16.6. The molecular weight excluding hydrogens is 308 g/mol. The van der Waals surface area contributed by atoms with Gasteiger partial charge in [0.2, 0.25) is 0 Å². The first-order valence-electron chi connectivity index (χ1n) is 8.22. The summed E-state index contributed by atoms with van der Waals surface area (Å²) in [4.78, 5) is 23.9. The molecule has 1 aromatic rings. The van der Waals surface area contributed by atoms with Gasteiger partial charge in [-0.1, -0.05) is 25.1 Å². The summed E-state index contributed by atoms with van der Waals surface area (Å²) in [5, 5.41) is 0. The molecule has 5 nitrogen and oxygen atoms in total. The van der Waals surface area contributed by atoms with Crippen LogP contribution in [0.2, 0.25) is 0 Å². The smallest absolute Gasteiger partial charge is 0.309 e. The molecule has 0 saturated heterocycles. The lowest BCUT2D eigenvalue weighted by Crippen LogP contribution is -2.33. The van der Waals surface area contributed by atoms with Gasteiger partial charge in [0.05, 0.1) is 12.3 Å². The first-order chi connectivity index (χ1) is 11.1. The van der Waals surface area contributed by atoms with Gasteiger partial charge in [0.15, 0.2) is 0 Å². The molecule has 5 heteroatoms. The minimum Gasteiger partial charge on any atom is -0.487 e. The lowest BCUT2D eigenvalue weighted by atomic mass is 10.1. The van der Waals surface area contributed by atoms with Crippen LogP contribution >= 0.6 is 0 Å². The van der Waals surface area contributed by atoms with Crippen molar-refractivity contribution in [1.82, 2.24) is 0 Å². The predicted octanol–water partition coefficient (Wildman–Crippen LogP) is 3.75. The zero-order chi connectivity index (χ0) is 18.3. The molecule has 0 amide bonds. The maximum atomic E-state index is 12.1. The van der Waals surface area contributed by atoms with E-state index in [9.17, 15) is 9.59 Å². The second kappa shape index (κ2) is 8.71. The number of carbonyl (C=O) groups excluding carboxylic acids is 2. The SMILES string of the molecule is C[C@H](CC(=O)OC(C)(C)C)C(=O)O[C@@H](C)[C@H](C)Oc1ccccc1. The molecule has 0 N–H and O–H groups in total. The fraction of sp³-hybridized carbons (Fsp3) is 0.579. The normalized spacial score (nSPS) is 15.1. The van der Waals surface area contributed by atoms with Gasteiger partial charge in [-0.3, -0.25) is 9.59 Å². The Bertz CT molecular complexity index is 532. The van der Waals surface area contributed by atoms with Crippen molar-refractivity contribution in [2.75, 3.05) is 0 Å². The number of hydrogen-bond donors (Lipinski definition) is 0. The van der Waals surface area contributed by atoms with Crippen LogP contribution in [0.1, 0.15) is 48.0 Å². The van der Waals surface area contributed by atoms with E-state index in [4.69, 9.17) is 14.2 Å². The first kappa shape index (κ1) is 20.0. The summed E-state index contributed by atoms with van der Waals surface area (Å²) >= 11 is 0. The van der Waals surface area contributed by atoms with Crippen molar-refractivity contribution in [2.45, 2.75) is 65.8 Å². The summed E-state index contributed by atoms with van der Waals surface area (Å²) in [5.74, 6) is -0.689. The van der Waals surface area contributed by atoms with E-state index in [2.05, 4.69) is 0 Å². The van der Waals surface area contributed by atoms with E-state index in [0.717, 1.165) is 5.75 Å². The largest absolute Gasteiger partial charge is 0.487 e. The number of carbonyl (C=O) groups is 2. The summed E-state index contributed by atoms with van der Waals surface area (Å²) in [6, 6.07) is 9.34. The van der Waals surface area contributed by atoms with Crippen molar-refractivity contribution < 1.29 is 23.8 Å². The Morgan fingerprint density at radius 2 is 1.58 bits per heavy atom. The molecule has 0 aliphatic rings. The van der Waals surface area contributed by atoms with Crippen LogP contribution in [0.4, 0.5) is 0 Å². The van der Waals surface area contributed by atoms with Crippen LogP contribution in [0, 0.1) is 5.92 Å². The molecular formula is C19H28O5. The number of benzene rings is 1. The van der Waals surface area contributed by atoms with Crippen LogP contribution in [0.25, 0.3) is 0 Å². The van der Waals surface area contributed by atoms with Gasteiger partial charge in [-0.2, -0.15) is 0 Å². The number of hydrogen-bond acceptors (Lipinski definition) is 5. The minimum absolute atomic E-state index is 0.00323. The van der Waals surface area contributed by atoms with Gasteiger partial charge in [-0.25, -0.2) is 0 Å². The Hall–Kier alpha value is -2.04. The Morgan fingerprint density at radius 3 is 2.12 bits per heavy atom. The van der Waals surface area contributed by atoms with E-state index in [-0.39, 0.29) is 12.5 Å². The van der Waals surface area contributed by atoms with E-state index in [1.54, 1.807) is 34.6 Å². The topological polar surface area (TPSA) is 61.8 Å². The number of esters is 2. The van der Waals surface area contributed by atoms with Crippen molar-refractivity contribution in [3.05, 3.63) is 30.3 Å². The van der Waals surface area contributed by atoms with Crippen molar-refractivity contribution in [3.8, 4) is 5.75 Å². The van der Waals surface area contributed by atoms with Gasteiger partial charge >= 0.3 is 11.9 Å². The Morgan fingerprint density at radius 1 is 1.00 bits per heavy atom. The van der Waals surface area contributed by atoms with Crippen LogP contribution in [0.5, 0.6) is 5.75 Å². The van der Waals surface area contributed by atoms with Gasteiger partial charge in [-0.05, 0) is 46.8 Å². The molecule has 0 saturated carbocycles. The van der Waals surface area contributed by atoms with E-state index in [1.165, 1.54) is 0 Å². The standard InChI is InChI=1S/C19H28O5/c1-13(12-17(20)24-19(4,5)6)18(21)23-15(3)14(2)22-16-10-8-7-9-11-16/h7-11,13-15H,12H2,1-6H3/t13-,14+,15+/m1/s1. The molecule has 24 heavy (non-hydrogen) atoms. The number of para-hydroxylation sites is 1. The monoisotopic (exact) mass is 336 g/mol.